The second-order valence-electron chi connectivity index (χ2n) is 10.4. The number of hydrogen-bond acceptors (Lipinski definition) is 7. The Morgan fingerprint density at radius 2 is 1.97 bits per heavy atom. The van der Waals surface area contributed by atoms with E-state index in [2.05, 4.69) is 40.1 Å². The molecular weight excluding hydrogens is 416 g/mol. The fraction of sp³-hybridized carbons (Fsp3) is 0.480. The number of nitrogens with zero attached hydrogens (tertiary/aromatic N) is 4. The van der Waals surface area contributed by atoms with Gasteiger partial charge in [0.25, 0.3) is 0 Å². The van der Waals surface area contributed by atoms with Gasteiger partial charge in [-0.05, 0) is 60.8 Å². The highest BCUT2D eigenvalue weighted by Gasteiger charge is 2.50. The Hall–Kier alpha value is -2.97. The molecule has 8 heteroatoms. The van der Waals surface area contributed by atoms with Crippen LogP contribution in [0.3, 0.4) is 0 Å². The van der Waals surface area contributed by atoms with Crippen LogP contribution in [0.25, 0.3) is 11.0 Å². The predicted octanol–water partition coefficient (Wildman–Crippen LogP) is 2.74. The first-order valence-corrected chi connectivity index (χ1v) is 11.7. The van der Waals surface area contributed by atoms with Crippen molar-refractivity contribution in [1.82, 2.24) is 14.5 Å². The SMILES string of the molecule is CC1(CCc2ccc3c(c2)N=C(N)C32CCC2)C[C@@H](n2ccc3c(N)ncnc32)[C@H](O)[C@@H]1O. The van der Waals surface area contributed by atoms with Gasteiger partial charge in [-0.3, -0.25) is 0 Å². The summed E-state index contributed by atoms with van der Waals surface area (Å²) in [4.78, 5) is 13.1. The molecule has 2 fully saturated rings. The third-order valence-electron chi connectivity index (χ3n) is 8.51. The first-order chi connectivity index (χ1) is 15.8. The number of nitrogen functional groups attached to an aromatic ring is 1. The zero-order valence-corrected chi connectivity index (χ0v) is 18.8. The molecule has 2 saturated carbocycles. The van der Waals surface area contributed by atoms with E-state index in [4.69, 9.17) is 11.5 Å². The van der Waals surface area contributed by atoms with Gasteiger partial charge in [0, 0.05) is 6.20 Å². The molecule has 3 aromatic rings. The lowest BCUT2D eigenvalue weighted by Crippen LogP contribution is -2.44. The van der Waals surface area contributed by atoms with Crippen LogP contribution in [0.5, 0.6) is 0 Å². The van der Waals surface area contributed by atoms with Gasteiger partial charge in [-0.15, -0.1) is 0 Å². The lowest BCUT2D eigenvalue weighted by molar-refractivity contribution is -0.0241. The minimum atomic E-state index is -0.885. The first-order valence-electron chi connectivity index (χ1n) is 11.7. The zero-order valence-electron chi connectivity index (χ0n) is 18.8. The summed E-state index contributed by atoms with van der Waals surface area (Å²) in [5, 5.41) is 22.7. The van der Waals surface area contributed by atoms with Gasteiger partial charge in [-0.2, -0.15) is 0 Å². The van der Waals surface area contributed by atoms with Crippen molar-refractivity contribution < 1.29 is 10.2 Å². The molecule has 6 rings (SSSR count). The number of aryl methyl sites for hydroxylation is 1. The molecule has 3 heterocycles. The molecule has 33 heavy (non-hydrogen) atoms. The van der Waals surface area contributed by atoms with E-state index in [-0.39, 0.29) is 11.5 Å². The summed E-state index contributed by atoms with van der Waals surface area (Å²) in [6.45, 7) is 2.06. The Kier molecular flexibility index (Phi) is 4.38. The number of aliphatic hydroxyl groups is 2. The highest BCUT2D eigenvalue weighted by atomic mass is 16.3. The predicted molar refractivity (Wildman–Crippen MR) is 127 cm³/mol. The van der Waals surface area contributed by atoms with Crippen molar-refractivity contribution in [2.45, 2.75) is 69.1 Å². The van der Waals surface area contributed by atoms with Crippen molar-refractivity contribution >= 4 is 28.4 Å². The third kappa shape index (κ3) is 2.87. The average molecular weight is 447 g/mol. The van der Waals surface area contributed by atoms with Crippen LogP contribution in [0.15, 0.2) is 41.8 Å². The number of anilines is 1. The van der Waals surface area contributed by atoms with Crippen LogP contribution in [0.1, 0.15) is 56.2 Å². The van der Waals surface area contributed by atoms with Crippen LogP contribution in [-0.4, -0.2) is 42.8 Å². The lowest BCUT2D eigenvalue weighted by atomic mass is 9.64. The molecule has 6 N–H and O–H groups in total. The molecule has 1 unspecified atom stereocenters. The second-order valence-corrected chi connectivity index (χ2v) is 10.4. The molecule has 1 aliphatic heterocycles. The van der Waals surface area contributed by atoms with Crippen molar-refractivity contribution in [2.24, 2.45) is 16.1 Å². The molecule has 8 nitrogen and oxygen atoms in total. The summed E-state index contributed by atoms with van der Waals surface area (Å²) in [5.41, 5.74) is 15.9. The summed E-state index contributed by atoms with van der Waals surface area (Å²) in [5.74, 6) is 1.17. The van der Waals surface area contributed by atoms with E-state index >= 15 is 0 Å². The second kappa shape index (κ2) is 7.01. The molecule has 172 valence electrons. The molecule has 4 atom stereocenters. The van der Waals surface area contributed by atoms with Crippen LogP contribution >= 0.6 is 0 Å². The Balaban J connectivity index is 1.22. The van der Waals surface area contributed by atoms with Crippen molar-refractivity contribution in [3.05, 3.63) is 47.9 Å². The maximum atomic E-state index is 11.0. The summed E-state index contributed by atoms with van der Waals surface area (Å²) in [7, 11) is 0. The number of rotatable bonds is 4. The molecule has 3 aliphatic rings. The minimum absolute atomic E-state index is 0.0225. The standard InChI is InChI=1S/C25H30N6O2/c1-24(9-5-14-3-4-16-17(11-14)30-23(27)25(16)7-2-8-25)12-18(19(32)20(24)33)31-10-6-15-21(26)28-13-29-22(15)31/h3-4,6,10-11,13,18-20,32-33H,2,5,7-9,12H2,1H3,(H2,27,30)(H2,26,28,29)/t18-,19+,20+,24?/m1/s1. The summed E-state index contributed by atoms with van der Waals surface area (Å²) in [6.07, 6.45) is 7.15. The number of aliphatic imine (C=N–C) groups is 1. The summed E-state index contributed by atoms with van der Waals surface area (Å²) in [6, 6.07) is 8.09. The number of amidine groups is 1. The molecule has 0 radical (unpaired) electrons. The maximum Gasteiger partial charge on any atom is 0.145 e. The quantitative estimate of drug-likeness (QED) is 0.487. The van der Waals surface area contributed by atoms with Crippen molar-refractivity contribution in [3.8, 4) is 0 Å². The van der Waals surface area contributed by atoms with Gasteiger partial charge in [0.15, 0.2) is 0 Å². The van der Waals surface area contributed by atoms with Crippen LogP contribution in [0.4, 0.5) is 11.5 Å². The van der Waals surface area contributed by atoms with Crippen molar-refractivity contribution in [1.29, 1.82) is 0 Å². The largest absolute Gasteiger partial charge is 0.390 e. The summed E-state index contributed by atoms with van der Waals surface area (Å²) < 4.78 is 1.93. The van der Waals surface area contributed by atoms with Gasteiger partial charge in [-0.25, -0.2) is 15.0 Å². The van der Waals surface area contributed by atoms with E-state index in [1.165, 1.54) is 23.9 Å². The van der Waals surface area contributed by atoms with Crippen molar-refractivity contribution in [3.63, 3.8) is 0 Å². The smallest absolute Gasteiger partial charge is 0.145 e. The molecule has 0 amide bonds. The molecule has 1 aromatic carbocycles. The number of hydrogen-bond donors (Lipinski definition) is 4. The van der Waals surface area contributed by atoms with Gasteiger partial charge >= 0.3 is 0 Å². The molecule has 0 saturated heterocycles. The highest BCUT2D eigenvalue weighted by Crippen LogP contribution is 2.52. The van der Waals surface area contributed by atoms with E-state index in [1.54, 1.807) is 0 Å². The Morgan fingerprint density at radius 1 is 1.15 bits per heavy atom. The Bertz CT molecular complexity index is 1280. The minimum Gasteiger partial charge on any atom is -0.390 e. The van der Waals surface area contributed by atoms with Gasteiger partial charge in [-0.1, -0.05) is 25.5 Å². The van der Waals surface area contributed by atoms with E-state index < -0.39 is 17.6 Å². The van der Waals surface area contributed by atoms with Crippen molar-refractivity contribution in [2.75, 3.05) is 5.73 Å². The fourth-order valence-corrected chi connectivity index (χ4v) is 6.20. The van der Waals surface area contributed by atoms with Gasteiger partial charge < -0.3 is 26.2 Å². The van der Waals surface area contributed by atoms with Gasteiger partial charge in [0.1, 0.15) is 29.7 Å². The number of benzene rings is 1. The third-order valence-corrected chi connectivity index (χ3v) is 8.51. The number of nitrogens with two attached hydrogens (primary N) is 2. The molecule has 2 aromatic heterocycles. The molecule has 2 aliphatic carbocycles. The van der Waals surface area contributed by atoms with Gasteiger partial charge in [0.2, 0.25) is 0 Å². The van der Waals surface area contributed by atoms with Gasteiger partial charge in [0.05, 0.1) is 28.6 Å². The van der Waals surface area contributed by atoms with Crippen LogP contribution in [-0.2, 0) is 11.8 Å². The van der Waals surface area contributed by atoms with E-state index in [0.717, 1.165) is 42.6 Å². The number of fused-ring (bicyclic) bond motifs is 3. The Labute approximate surface area is 192 Å². The molecule has 0 bridgehead atoms. The van der Waals surface area contributed by atoms with E-state index in [9.17, 15) is 10.2 Å². The zero-order chi connectivity index (χ0) is 23.0. The monoisotopic (exact) mass is 446 g/mol. The summed E-state index contributed by atoms with van der Waals surface area (Å²) >= 11 is 0. The lowest BCUT2D eigenvalue weighted by Gasteiger charge is -2.38. The van der Waals surface area contributed by atoms with Crippen LogP contribution in [0.2, 0.25) is 0 Å². The average Bonchev–Trinajstić information content (AvgIpc) is 3.39. The van der Waals surface area contributed by atoms with E-state index in [1.807, 2.05) is 16.8 Å². The normalized spacial score (nSPS) is 29.9. The molecule has 1 spiro atoms. The number of aromatic nitrogens is 3. The van der Waals surface area contributed by atoms with E-state index in [0.29, 0.717) is 17.9 Å². The van der Waals surface area contributed by atoms with Crippen LogP contribution in [0, 0.1) is 5.41 Å². The topological polar surface area (TPSA) is 136 Å². The maximum absolute atomic E-state index is 11.0. The fourth-order valence-electron chi connectivity index (χ4n) is 6.20. The first kappa shape index (κ1) is 20.6. The van der Waals surface area contributed by atoms with Crippen LogP contribution < -0.4 is 11.5 Å². The highest BCUT2D eigenvalue weighted by molar-refractivity contribution is 6.00. The Morgan fingerprint density at radius 3 is 2.73 bits per heavy atom. The number of aliphatic hydroxyl groups excluding tert-OH is 2. The molecular formula is C25H30N6O2.